The van der Waals surface area contributed by atoms with E-state index in [1.54, 1.807) is 0 Å². The lowest BCUT2D eigenvalue weighted by atomic mass is 9.89. The molecule has 1 heterocycles. The largest absolute Gasteiger partial charge is 0.330 e. The van der Waals surface area contributed by atoms with Gasteiger partial charge in [-0.2, -0.15) is 5.10 Å². The fourth-order valence-corrected chi connectivity index (χ4v) is 1.37. The second-order valence-corrected chi connectivity index (χ2v) is 4.34. The zero-order valence-electron chi connectivity index (χ0n) is 8.91. The maximum atomic E-state index is 5.73. The van der Waals surface area contributed by atoms with Gasteiger partial charge in [-0.05, 0) is 19.9 Å². The van der Waals surface area contributed by atoms with Crippen LogP contribution < -0.4 is 5.73 Å². The zero-order chi connectivity index (χ0) is 10.1. The molecule has 0 saturated heterocycles. The molecule has 2 N–H and O–H groups in total. The van der Waals surface area contributed by atoms with Crippen molar-refractivity contribution in [1.82, 2.24) is 9.78 Å². The Morgan fingerprint density at radius 3 is 2.62 bits per heavy atom. The number of rotatable bonds is 3. The Kier molecular flexibility index (Phi) is 2.76. The summed E-state index contributed by atoms with van der Waals surface area (Å²) in [6, 6.07) is 2.45. The Morgan fingerprint density at radius 2 is 2.15 bits per heavy atom. The second-order valence-electron chi connectivity index (χ2n) is 4.34. The molecule has 3 nitrogen and oxygen atoms in total. The molecule has 1 aromatic rings. The van der Waals surface area contributed by atoms with Crippen LogP contribution in [0.5, 0.6) is 0 Å². The van der Waals surface area contributed by atoms with Gasteiger partial charge in [0.25, 0.3) is 0 Å². The minimum absolute atomic E-state index is 0.0147. The first kappa shape index (κ1) is 10.3. The third kappa shape index (κ3) is 1.91. The van der Waals surface area contributed by atoms with Crippen LogP contribution in [0.3, 0.4) is 0 Å². The lowest BCUT2D eigenvalue weighted by Gasteiger charge is -2.25. The van der Waals surface area contributed by atoms with E-state index in [2.05, 4.69) is 32.8 Å². The topological polar surface area (TPSA) is 43.8 Å². The van der Waals surface area contributed by atoms with Crippen LogP contribution in [0.2, 0.25) is 0 Å². The molecule has 0 unspecified atom stereocenters. The predicted octanol–water partition coefficient (Wildman–Crippen LogP) is 1.70. The monoisotopic (exact) mass is 181 g/mol. The van der Waals surface area contributed by atoms with E-state index >= 15 is 0 Å². The fourth-order valence-electron chi connectivity index (χ4n) is 1.37. The van der Waals surface area contributed by atoms with Gasteiger partial charge < -0.3 is 5.73 Å². The van der Waals surface area contributed by atoms with Crippen LogP contribution in [0.1, 0.15) is 39.4 Å². The lowest BCUT2D eigenvalue weighted by molar-refractivity contribution is 0.429. The third-order valence-electron chi connectivity index (χ3n) is 2.36. The van der Waals surface area contributed by atoms with E-state index in [9.17, 15) is 0 Å². The van der Waals surface area contributed by atoms with Crippen molar-refractivity contribution in [3.05, 3.63) is 18.0 Å². The third-order valence-corrected chi connectivity index (χ3v) is 2.36. The van der Waals surface area contributed by atoms with E-state index in [1.807, 2.05) is 16.9 Å². The number of aromatic nitrogens is 2. The second kappa shape index (κ2) is 3.50. The summed E-state index contributed by atoms with van der Waals surface area (Å²) in [5, 5.41) is 4.29. The molecule has 0 amide bonds. The molecule has 0 bridgehead atoms. The molecule has 13 heavy (non-hydrogen) atoms. The van der Waals surface area contributed by atoms with Crippen LogP contribution in [0, 0.1) is 0 Å². The summed E-state index contributed by atoms with van der Waals surface area (Å²) >= 11 is 0. The minimum atomic E-state index is 0.0147. The van der Waals surface area contributed by atoms with Gasteiger partial charge >= 0.3 is 0 Å². The van der Waals surface area contributed by atoms with Gasteiger partial charge in [0.1, 0.15) is 0 Å². The Bertz CT molecular complexity index is 273. The first-order valence-corrected chi connectivity index (χ1v) is 4.73. The van der Waals surface area contributed by atoms with Gasteiger partial charge in [-0.1, -0.05) is 13.8 Å². The Hall–Kier alpha value is -0.830. The Morgan fingerprint density at radius 1 is 1.54 bits per heavy atom. The zero-order valence-corrected chi connectivity index (χ0v) is 8.91. The highest BCUT2D eigenvalue weighted by Gasteiger charge is 2.23. The standard InChI is InChI=1S/C10H19N3/c1-8(2)13-9(5-6-12-13)10(3,4)7-11/h5-6,8H,7,11H2,1-4H3. The number of nitrogens with zero attached hydrogens (tertiary/aromatic N) is 2. The van der Waals surface area contributed by atoms with Gasteiger partial charge in [-0.3, -0.25) is 4.68 Å². The van der Waals surface area contributed by atoms with Gasteiger partial charge in [0, 0.05) is 29.9 Å². The van der Waals surface area contributed by atoms with E-state index in [4.69, 9.17) is 5.73 Å². The van der Waals surface area contributed by atoms with Crippen LogP contribution in [0.15, 0.2) is 12.3 Å². The smallest absolute Gasteiger partial charge is 0.0492 e. The lowest BCUT2D eigenvalue weighted by Crippen LogP contribution is -2.31. The molecule has 0 aliphatic heterocycles. The van der Waals surface area contributed by atoms with Gasteiger partial charge in [0.05, 0.1) is 0 Å². The average Bonchev–Trinajstić information content (AvgIpc) is 2.52. The Labute approximate surface area is 79.9 Å². The van der Waals surface area contributed by atoms with Gasteiger partial charge in [-0.25, -0.2) is 0 Å². The summed E-state index contributed by atoms with van der Waals surface area (Å²) in [7, 11) is 0. The quantitative estimate of drug-likeness (QED) is 0.771. The van der Waals surface area contributed by atoms with Crippen LogP contribution in [0.4, 0.5) is 0 Å². The number of hydrogen-bond acceptors (Lipinski definition) is 2. The fraction of sp³-hybridized carbons (Fsp3) is 0.700. The van der Waals surface area contributed by atoms with Crippen molar-refractivity contribution in [2.24, 2.45) is 5.73 Å². The van der Waals surface area contributed by atoms with Crippen molar-refractivity contribution in [1.29, 1.82) is 0 Å². The van der Waals surface area contributed by atoms with Crippen LogP contribution in [-0.2, 0) is 5.41 Å². The molecule has 0 saturated carbocycles. The van der Waals surface area contributed by atoms with Gasteiger partial charge in [-0.15, -0.1) is 0 Å². The molecule has 0 aromatic carbocycles. The molecule has 0 atom stereocenters. The van der Waals surface area contributed by atoms with Gasteiger partial charge in [0.15, 0.2) is 0 Å². The number of nitrogens with two attached hydrogens (primary N) is 1. The van der Waals surface area contributed by atoms with E-state index < -0.39 is 0 Å². The summed E-state index contributed by atoms with van der Waals surface area (Å²) in [6.45, 7) is 9.18. The van der Waals surface area contributed by atoms with Gasteiger partial charge in [0.2, 0.25) is 0 Å². The summed E-state index contributed by atoms with van der Waals surface area (Å²) in [5.74, 6) is 0. The van der Waals surface area contributed by atoms with Crippen molar-refractivity contribution >= 4 is 0 Å². The van der Waals surface area contributed by atoms with Crippen molar-refractivity contribution in [3.63, 3.8) is 0 Å². The van der Waals surface area contributed by atoms with E-state index in [0.717, 1.165) is 0 Å². The number of hydrogen-bond donors (Lipinski definition) is 1. The minimum Gasteiger partial charge on any atom is -0.330 e. The molecule has 1 aromatic heterocycles. The Balaban J connectivity index is 3.07. The molecular weight excluding hydrogens is 162 g/mol. The average molecular weight is 181 g/mol. The molecule has 74 valence electrons. The van der Waals surface area contributed by atoms with Crippen LogP contribution in [0.25, 0.3) is 0 Å². The van der Waals surface area contributed by atoms with E-state index in [0.29, 0.717) is 12.6 Å². The molecular formula is C10H19N3. The summed E-state index contributed by atoms with van der Waals surface area (Å²) in [6.07, 6.45) is 1.84. The van der Waals surface area contributed by atoms with Crippen molar-refractivity contribution in [2.75, 3.05) is 6.54 Å². The van der Waals surface area contributed by atoms with Crippen molar-refractivity contribution < 1.29 is 0 Å². The van der Waals surface area contributed by atoms with E-state index in [-0.39, 0.29) is 5.41 Å². The molecule has 3 heteroatoms. The molecule has 1 rings (SSSR count). The highest BCUT2D eigenvalue weighted by Crippen LogP contribution is 2.23. The van der Waals surface area contributed by atoms with Crippen LogP contribution in [-0.4, -0.2) is 16.3 Å². The summed E-state index contributed by atoms with van der Waals surface area (Å²) < 4.78 is 2.03. The molecule has 0 spiro atoms. The highest BCUT2D eigenvalue weighted by molar-refractivity contribution is 5.14. The summed E-state index contributed by atoms with van der Waals surface area (Å²) in [4.78, 5) is 0. The van der Waals surface area contributed by atoms with E-state index in [1.165, 1.54) is 5.69 Å². The first-order chi connectivity index (χ1) is 5.99. The van der Waals surface area contributed by atoms with Crippen LogP contribution >= 0.6 is 0 Å². The maximum Gasteiger partial charge on any atom is 0.0492 e. The molecule has 0 aliphatic carbocycles. The highest BCUT2D eigenvalue weighted by atomic mass is 15.3. The normalized spacial score (nSPS) is 12.5. The first-order valence-electron chi connectivity index (χ1n) is 4.73. The SMILES string of the molecule is CC(C)n1nccc1C(C)(C)CN. The van der Waals surface area contributed by atoms with Crippen molar-refractivity contribution in [2.45, 2.75) is 39.2 Å². The molecule has 0 aliphatic rings. The summed E-state index contributed by atoms with van der Waals surface area (Å²) in [5.41, 5.74) is 6.95. The maximum absolute atomic E-state index is 5.73. The predicted molar refractivity (Wildman–Crippen MR) is 54.7 cm³/mol. The van der Waals surface area contributed by atoms with Crippen molar-refractivity contribution in [3.8, 4) is 0 Å². The molecule has 0 radical (unpaired) electrons. The molecule has 0 fully saturated rings.